The third-order valence-corrected chi connectivity index (χ3v) is 2.99. The molecule has 0 unspecified atom stereocenters. The summed E-state index contributed by atoms with van der Waals surface area (Å²) in [7, 11) is 0. The van der Waals surface area contributed by atoms with E-state index >= 15 is 0 Å². The molecule has 0 atom stereocenters. The zero-order valence-corrected chi connectivity index (χ0v) is 12.2. The minimum atomic E-state index is -0.476. The van der Waals surface area contributed by atoms with Gasteiger partial charge in [-0.2, -0.15) is 5.10 Å². The third-order valence-electron chi connectivity index (χ3n) is 2.32. The van der Waals surface area contributed by atoms with Crippen molar-refractivity contribution in [2.75, 3.05) is 0 Å². The second kappa shape index (κ2) is 5.87. The van der Waals surface area contributed by atoms with Gasteiger partial charge in [-0.1, -0.05) is 0 Å². The molecule has 2 N–H and O–H groups in total. The second-order valence-electron chi connectivity index (χ2n) is 3.81. The van der Waals surface area contributed by atoms with Crippen molar-refractivity contribution in [3.05, 3.63) is 51.0 Å². The lowest BCUT2D eigenvalue weighted by Crippen LogP contribution is -2.17. The zero-order valence-electron chi connectivity index (χ0n) is 10.1. The van der Waals surface area contributed by atoms with Crippen LogP contribution in [-0.4, -0.2) is 17.2 Å². The Bertz CT molecular complexity index is 635. The minimum Gasteiger partial charge on any atom is -0.507 e. The molecule has 2 aromatic rings. The maximum Gasteiger partial charge on any atom is 0.275 e. The number of phenolic OH excluding ortho intramolecular Hbond substituents is 1. The molecule has 0 fully saturated rings. The van der Waals surface area contributed by atoms with Crippen molar-refractivity contribution in [2.24, 2.45) is 5.10 Å². The molecule has 0 saturated heterocycles. The summed E-state index contributed by atoms with van der Waals surface area (Å²) in [6.07, 6.45) is 1.40. The van der Waals surface area contributed by atoms with Crippen molar-refractivity contribution >= 4 is 34.7 Å². The zero-order chi connectivity index (χ0) is 13.8. The van der Waals surface area contributed by atoms with Gasteiger partial charge in [0.2, 0.25) is 0 Å². The number of aryl methyl sites for hydroxylation is 1. The fourth-order valence-electron chi connectivity index (χ4n) is 1.43. The number of phenols is 1. The number of hydrogen-bond donors (Lipinski definition) is 2. The van der Waals surface area contributed by atoms with Crippen LogP contribution in [0.25, 0.3) is 0 Å². The van der Waals surface area contributed by atoms with Crippen molar-refractivity contribution < 1.29 is 14.3 Å². The van der Waals surface area contributed by atoms with Gasteiger partial charge < -0.3 is 9.52 Å². The number of carbonyl (C=O) groups is 1. The summed E-state index contributed by atoms with van der Waals surface area (Å²) in [5.41, 5.74) is 2.51. The number of aromatic hydroxyl groups is 1. The van der Waals surface area contributed by atoms with Crippen LogP contribution in [0.2, 0.25) is 0 Å². The number of hydrazone groups is 1. The summed E-state index contributed by atoms with van der Waals surface area (Å²) in [6, 6.07) is 8.30. The second-order valence-corrected chi connectivity index (χ2v) is 5.05. The summed E-state index contributed by atoms with van der Waals surface area (Å²) < 4.78 is 6.12. The number of nitrogens with zero attached hydrogens (tertiary/aromatic N) is 1. The molecule has 0 aliphatic carbocycles. The predicted molar refractivity (Wildman–Crippen MR) is 79.3 cm³/mol. The number of halogens is 1. The van der Waals surface area contributed by atoms with Crippen molar-refractivity contribution in [1.82, 2.24) is 5.43 Å². The number of amides is 1. The highest BCUT2D eigenvalue weighted by atomic mass is 127. The molecule has 19 heavy (non-hydrogen) atoms. The Labute approximate surface area is 123 Å². The van der Waals surface area contributed by atoms with E-state index in [1.54, 1.807) is 24.3 Å². The highest BCUT2D eigenvalue weighted by Crippen LogP contribution is 2.19. The van der Waals surface area contributed by atoms with Crippen LogP contribution >= 0.6 is 22.6 Å². The molecule has 2 rings (SSSR count). The molecule has 5 nitrogen and oxygen atoms in total. The maximum absolute atomic E-state index is 11.8. The summed E-state index contributed by atoms with van der Waals surface area (Å²) in [5, 5.41) is 13.4. The van der Waals surface area contributed by atoms with E-state index in [0.717, 1.165) is 9.33 Å². The first-order chi connectivity index (χ1) is 9.06. The molecule has 1 heterocycles. The van der Waals surface area contributed by atoms with Gasteiger partial charge in [-0.05, 0) is 59.8 Å². The number of furan rings is 1. The normalized spacial score (nSPS) is 10.8. The van der Waals surface area contributed by atoms with Crippen LogP contribution < -0.4 is 5.43 Å². The van der Waals surface area contributed by atoms with Crippen LogP contribution in [0.4, 0.5) is 0 Å². The Morgan fingerprint density at radius 2 is 2.21 bits per heavy atom. The molecule has 0 radical (unpaired) electrons. The molecule has 1 amide bonds. The molecule has 6 heteroatoms. The van der Waals surface area contributed by atoms with Crippen LogP contribution in [0.3, 0.4) is 0 Å². The SMILES string of the molecule is Cc1ccc(C=NNC(=O)c2cc(I)ccc2O)o1. The number of rotatable bonds is 3. The molecule has 98 valence electrons. The summed E-state index contributed by atoms with van der Waals surface area (Å²) >= 11 is 2.06. The average molecular weight is 370 g/mol. The Morgan fingerprint density at radius 1 is 1.42 bits per heavy atom. The standard InChI is InChI=1S/C13H11IN2O3/c1-8-2-4-10(19-8)7-15-16-13(18)11-6-9(14)3-5-12(11)17/h2-7,17H,1H3,(H,16,18). The molecular weight excluding hydrogens is 359 g/mol. The van der Waals surface area contributed by atoms with Gasteiger partial charge in [0.05, 0.1) is 11.8 Å². The van der Waals surface area contributed by atoms with Gasteiger partial charge in [-0.3, -0.25) is 4.79 Å². The van der Waals surface area contributed by atoms with Gasteiger partial charge in [-0.15, -0.1) is 0 Å². The highest BCUT2D eigenvalue weighted by molar-refractivity contribution is 14.1. The van der Waals surface area contributed by atoms with Crippen molar-refractivity contribution in [1.29, 1.82) is 0 Å². The van der Waals surface area contributed by atoms with Crippen LogP contribution in [0.15, 0.2) is 39.9 Å². The van der Waals surface area contributed by atoms with Gasteiger partial charge in [-0.25, -0.2) is 5.43 Å². The number of hydrogen-bond acceptors (Lipinski definition) is 4. The number of carbonyl (C=O) groups excluding carboxylic acids is 1. The van der Waals surface area contributed by atoms with E-state index in [0.29, 0.717) is 5.76 Å². The van der Waals surface area contributed by atoms with Gasteiger partial charge in [0, 0.05) is 3.57 Å². The molecule has 0 spiro atoms. The maximum atomic E-state index is 11.8. The Kier molecular flexibility index (Phi) is 4.20. The van der Waals surface area contributed by atoms with Crippen LogP contribution in [0.5, 0.6) is 5.75 Å². The minimum absolute atomic E-state index is 0.0815. The average Bonchev–Trinajstić information content (AvgIpc) is 2.78. The third kappa shape index (κ3) is 3.57. The van der Waals surface area contributed by atoms with E-state index < -0.39 is 5.91 Å². The largest absolute Gasteiger partial charge is 0.507 e. The topological polar surface area (TPSA) is 74.8 Å². The number of benzene rings is 1. The van der Waals surface area contributed by atoms with Crippen LogP contribution in [0.1, 0.15) is 21.9 Å². The molecule has 0 saturated carbocycles. The number of nitrogens with one attached hydrogen (secondary N) is 1. The van der Waals surface area contributed by atoms with Crippen molar-refractivity contribution in [3.8, 4) is 5.75 Å². The fraction of sp³-hybridized carbons (Fsp3) is 0.0769. The monoisotopic (exact) mass is 370 g/mol. The van der Waals surface area contributed by atoms with E-state index in [9.17, 15) is 9.90 Å². The Morgan fingerprint density at radius 3 is 2.89 bits per heavy atom. The van der Waals surface area contributed by atoms with Crippen LogP contribution in [-0.2, 0) is 0 Å². The lowest BCUT2D eigenvalue weighted by atomic mass is 10.2. The van der Waals surface area contributed by atoms with Crippen molar-refractivity contribution in [2.45, 2.75) is 6.92 Å². The van der Waals surface area contributed by atoms with Crippen molar-refractivity contribution in [3.63, 3.8) is 0 Å². The molecule has 0 bridgehead atoms. The lowest BCUT2D eigenvalue weighted by Gasteiger charge is -2.03. The Hall–Kier alpha value is -1.83. The molecule has 1 aromatic heterocycles. The molecule has 1 aromatic carbocycles. The highest BCUT2D eigenvalue weighted by Gasteiger charge is 2.10. The Balaban J connectivity index is 2.05. The first-order valence-corrected chi connectivity index (χ1v) is 6.52. The van der Waals surface area contributed by atoms with Crippen LogP contribution in [0, 0.1) is 10.5 Å². The predicted octanol–water partition coefficient (Wildman–Crippen LogP) is 2.66. The molecule has 0 aliphatic rings. The molecule has 0 aliphatic heterocycles. The van der Waals surface area contributed by atoms with E-state index in [2.05, 4.69) is 33.1 Å². The summed E-state index contributed by atoms with van der Waals surface area (Å²) in [6.45, 7) is 1.82. The first kappa shape index (κ1) is 13.6. The quantitative estimate of drug-likeness (QED) is 0.496. The van der Waals surface area contributed by atoms with E-state index in [1.165, 1.54) is 12.3 Å². The first-order valence-electron chi connectivity index (χ1n) is 5.44. The van der Waals surface area contributed by atoms with E-state index in [4.69, 9.17) is 4.42 Å². The van der Waals surface area contributed by atoms with Gasteiger partial charge in [0.15, 0.2) is 0 Å². The van der Waals surface area contributed by atoms with Gasteiger partial charge in [0.25, 0.3) is 5.91 Å². The molecular formula is C13H11IN2O3. The fourth-order valence-corrected chi connectivity index (χ4v) is 1.92. The smallest absolute Gasteiger partial charge is 0.275 e. The van der Waals surface area contributed by atoms with Gasteiger partial charge >= 0.3 is 0 Å². The van der Waals surface area contributed by atoms with E-state index in [1.807, 2.05) is 6.92 Å². The van der Waals surface area contributed by atoms with E-state index in [-0.39, 0.29) is 11.3 Å². The summed E-state index contributed by atoms with van der Waals surface area (Å²) in [4.78, 5) is 11.8. The lowest BCUT2D eigenvalue weighted by molar-refractivity contribution is 0.0952. The summed E-state index contributed by atoms with van der Waals surface area (Å²) in [5.74, 6) is 0.755. The van der Waals surface area contributed by atoms with Gasteiger partial charge in [0.1, 0.15) is 17.3 Å².